The fourth-order valence-corrected chi connectivity index (χ4v) is 4.67. The lowest BCUT2D eigenvalue weighted by Gasteiger charge is -2.13. The van der Waals surface area contributed by atoms with E-state index in [1.165, 1.54) is 0 Å². The minimum absolute atomic E-state index is 0.0375. The van der Waals surface area contributed by atoms with Crippen LogP contribution >= 0.6 is 22.9 Å². The summed E-state index contributed by atoms with van der Waals surface area (Å²) in [5.41, 5.74) is 1.34. The van der Waals surface area contributed by atoms with E-state index in [0.29, 0.717) is 28.5 Å². The maximum absolute atomic E-state index is 12.2. The summed E-state index contributed by atoms with van der Waals surface area (Å²) in [6.45, 7) is 3.34. The van der Waals surface area contributed by atoms with Gasteiger partial charge in [0, 0.05) is 16.8 Å². The van der Waals surface area contributed by atoms with Crippen molar-refractivity contribution in [1.29, 1.82) is 0 Å². The lowest BCUT2D eigenvalue weighted by Crippen LogP contribution is -2.34. The Hall–Kier alpha value is -1.15. The average molecular weight is 347 g/mol. The van der Waals surface area contributed by atoms with E-state index in [2.05, 4.69) is 9.71 Å². The van der Waals surface area contributed by atoms with Crippen LogP contribution in [-0.4, -0.2) is 19.4 Å². The lowest BCUT2D eigenvalue weighted by atomic mass is 10.1. The number of nitrogens with one attached hydrogen (secondary N) is 2. The summed E-state index contributed by atoms with van der Waals surface area (Å²) in [5, 5.41) is 0.639. The van der Waals surface area contributed by atoms with Crippen LogP contribution in [0.1, 0.15) is 18.2 Å². The number of hydrogen-bond donors (Lipinski definition) is 2. The highest BCUT2D eigenvalue weighted by Crippen LogP contribution is 2.17. The van der Waals surface area contributed by atoms with Gasteiger partial charge < -0.3 is 4.98 Å². The SMILES string of the molecule is Cc1[nH]c(=O)sc1S(=O)(=O)NC(C)Cc1ccc(Cl)cc1. The molecule has 0 aliphatic carbocycles. The Bertz CT molecular complexity index is 778. The molecule has 1 heterocycles. The Morgan fingerprint density at radius 1 is 1.33 bits per heavy atom. The zero-order chi connectivity index (χ0) is 15.6. The van der Waals surface area contributed by atoms with E-state index in [-0.39, 0.29) is 15.1 Å². The first-order valence-corrected chi connectivity index (χ1v) is 8.92. The number of aromatic nitrogens is 1. The number of sulfonamides is 1. The Labute approximate surface area is 132 Å². The molecule has 8 heteroatoms. The molecule has 0 aliphatic rings. The first kappa shape index (κ1) is 16.2. The molecule has 0 saturated heterocycles. The maximum atomic E-state index is 12.2. The summed E-state index contributed by atoms with van der Waals surface area (Å²) in [6.07, 6.45) is 0.536. The lowest BCUT2D eigenvalue weighted by molar-refractivity contribution is 0.561. The van der Waals surface area contributed by atoms with Crippen molar-refractivity contribution in [2.24, 2.45) is 0 Å². The molecule has 0 aliphatic heterocycles. The molecular weight excluding hydrogens is 332 g/mol. The van der Waals surface area contributed by atoms with Gasteiger partial charge in [0.2, 0.25) is 0 Å². The van der Waals surface area contributed by atoms with Gasteiger partial charge in [0.25, 0.3) is 10.0 Å². The van der Waals surface area contributed by atoms with Crippen LogP contribution in [0.2, 0.25) is 5.02 Å². The number of H-pyrrole nitrogens is 1. The molecule has 1 aromatic heterocycles. The number of benzene rings is 1. The van der Waals surface area contributed by atoms with Gasteiger partial charge in [-0.2, -0.15) is 0 Å². The average Bonchev–Trinajstić information content (AvgIpc) is 2.71. The van der Waals surface area contributed by atoms with Crippen molar-refractivity contribution < 1.29 is 8.42 Å². The Morgan fingerprint density at radius 2 is 1.95 bits per heavy atom. The van der Waals surface area contributed by atoms with E-state index >= 15 is 0 Å². The molecule has 114 valence electrons. The molecule has 1 aromatic carbocycles. The van der Waals surface area contributed by atoms with Crippen LogP contribution in [-0.2, 0) is 16.4 Å². The minimum atomic E-state index is -3.69. The van der Waals surface area contributed by atoms with Crippen LogP contribution in [0.25, 0.3) is 0 Å². The zero-order valence-corrected chi connectivity index (χ0v) is 13.9. The quantitative estimate of drug-likeness (QED) is 0.871. The number of hydrogen-bond acceptors (Lipinski definition) is 4. The summed E-state index contributed by atoms with van der Waals surface area (Å²) in [6, 6.07) is 6.94. The van der Waals surface area contributed by atoms with E-state index in [0.717, 1.165) is 5.56 Å². The van der Waals surface area contributed by atoms with Gasteiger partial charge in [-0.15, -0.1) is 0 Å². The van der Waals surface area contributed by atoms with Crippen molar-refractivity contribution >= 4 is 33.0 Å². The predicted octanol–water partition coefficient (Wildman–Crippen LogP) is 2.31. The molecule has 2 rings (SSSR count). The third-order valence-corrected chi connectivity index (χ3v) is 6.28. The molecule has 0 bridgehead atoms. The van der Waals surface area contributed by atoms with E-state index in [4.69, 9.17) is 11.6 Å². The molecule has 0 saturated carbocycles. The first-order valence-electron chi connectivity index (χ1n) is 6.24. The van der Waals surface area contributed by atoms with Crippen molar-refractivity contribution in [1.82, 2.24) is 9.71 Å². The van der Waals surface area contributed by atoms with Crippen molar-refractivity contribution in [3.05, 3.63) is 50.2 Å². The zero-order valence-electron chi connectivity index (χ0n) is 11.5. The molecule has 0 fully saturated rings. The normalized spacial score (nSPS) is 13.3. The van der Waals surface area contributed by atoms with Crippen molar-refractivity contribution in [2.75, 3.05) is 0 Å². The van der Waals surface area contributed by atoms with E-state index < -0.39 is 10.0 Å². The van der Waals surface area contributed by atoms with Gasteiger partial charge in [-0.1, -0.05) is 35.1 Å². The molecule has 0 spiro atoms. The van der Waals surface area contributed by atoms with Crippen molar-refractivity contribution in [3.8, 4) is 0 Å². The third kappa shape index (κ3) is 4.16. The standard InChI is InChI=1S/C13H15ClN2O3S2/c1-8(7-10-3-5-11(14)6-4-10)16-21(18,19)12-9(2)15-13(17)20-12/h3-6,8,16H,7H2,1-2H3,(H,15,17). The minimum Gasteiger partial charge on any atom is -0.315 e. The van der Waals surface area contributed by atoms with Gasteiger partial charge in [0.15, 0.2) is 4.21 Å². The molecule has 0 radical (unpaired) electrons. The monoisotopic (exact) mass is 346 g/mol. The predicted molar refractivity (Wildman–Crippen MR) is 84.6 cm³/mol. The highest BCUT2D eigenvalue weighted by Gasteiger charge is 2.22. The number of aryl methyl sites for hydroxylation is 1. The molecule has 2 aromatic rings. The van der Waals surface area contributed by atoms with Gasteiger partial charge in [-0.3, -0.25) is 4.79 Å². The van der Waals surface area contributed by atoms with Crippen LogP contribution in [0, 0.1) is 6.92 Å². The summed E-state index contributed by atoms with van der Waals surface area (Å²) >= 11 is 6.50. The van der Waals surface area contributed by atoms with Gasteiger partial charge in [-0.25, -0.2) is 13.1 Å². The Morgan fingerprint density at radius 3 is 2.48 bits per heavy atom. The second-order valence-electron chi connectivity index (χ2n) is 4.78. The highest BCUT2D eigenvalue weighted by molar-refractivity contribution is 7.91. The molecular formula is C13H15ClN2O3S2. The smallest absolute Gasteiger partial charge is 0.305 e. The summed E-state index contributed by atoms with van der Waals surface area (Å²) in [7, 11) is -3.69. The van der Waals surface area contributed by atoms with E-state index in [9.17, 15) is 13.2 Å². The first-order chi connectivity index (χ1) is 9.78. The Kier molecular flexibility index (Phi) is 4.88. The molecule has 21 heavy (non-hydrogen) atoms. The number of thiazole rings is 1. The second kappa shape index (κ2) is 6.31. The van der Waals surface area contributed by atoms with Crippen molar-refractivity contribution in [3.63, 3.8) is 0 Å². The fraction of sp³-hybridized carbons (Fsp3) is 0.308. The molecule has 5 nitrogen and oxygen atoms in total. The van der Waals surface area contributed by atoms with E-state index in [1.54, 1.807) is 26.0 Å². The molecule has 1 atom stereocenters. The second-order valence-corrected chi connectivity index (χ2v) is 8.11. The van der Waals surface area contributed by atoms with Gasteiger partial charge in [0.05, 0.1) is 0 Å². The summed E-state index contributed by atoms with van der Waals surface area (Å²) in [4.78, 5) is 13.3. The maximum Gasteiger partial charge on any atom is 0.305 e. The molecule has 2 N–H and O–H groups in total. The number of rotatable bonds is 5. The highest BCUT2D eigenvalue weighted by atomic mass is 35.5. The van der Waals surface area contributed by atoms with Crippen LogP contribution in [0.15, 0.2) is 33.3 Å². The Balaban J connectivity index is 2.11. The van der Waals surface area contributed by atoms with E-state index in [1.807, 2.05) is 12.1 Å². The largest absolute Gasteiger partial charge is 0.315 e. The summed E-state index contributed by atoms with van der Waals surface area (Å²) < 4.78 is 27.1. The van der Waals surface area contributed by atoms with Crippen LogP contribution in [0.4, 0.5) is 0 Å². The van der Waals surface area contributed by atoms with Crippen LogP contribution < -0.4 is 9.60 Å². The molecule has 1 unspecified atom stereocenters. The fourth-order valence-electron chi connectivity index (χ4n) is 1.98. The van der Waals surface area contributed by atoms with Crippen LogP contribution in [0.5, 0.6) is 0 Å². The number of halogens is 1. The van der Waals surface area contributed by atoms with Gasteiger partial charge in [-0.05, 0) is 38.0 Å². The van der Waals surface area contributed by atoms with Gasteiger partial charge >= 0.3 is 4.87 Å². The third-order valence-electron chi connectivity index (χ3n) is 2.84. The number of aromatic amines is 1. The molecule has 0 amide bonds. The summed E-state index contributed by atoms with van der Waals surface area (Å²) in [5.74, 6) is 0. The van der Waals surface area contributed by atoms with Crippen LogP contribution in [0.3, 0.4) is 0 Å². The van der Waals surface area contributed by atoms with Crippen molar-refractivity contribution in [2.45, 2.75) is 30.5 Å². The van der Waals surface area contributed by atoms with Gasteiger partial charge in [0.1, 0.15) is 0 Å². The topological polar surface area (TPSA) is 79.0 Å².